The summed E-state index contributed by atoms with van der Waals surface area (Å²) in [6, 6.07) is 12.1. The maximum absolute atomic E-state index is 6.02. The van der Waals surface area contributed by atoms with Crippen LogP contribution in [-0.4, -0.2) is 74.8 Å². The van der Waals surface area contributed by atoms with Crippen molar-refractivity contribution < 1.29 is 34.7 Å². The van der Waals surface area contributed by atoms with Gasteiger partial charge in [0.2, 0.25) is 0 Å². The van der Waals surface area contributed by atoms with Crippen LogP contribution in [0.15, 0.2) is 47.0 Å². The molecule has 1 N–H and O–H groups in total. The zero-order valence-electron chi connectivity index (χ0n) is 21.2. The smallest absolute Gasteiger partial charge is 0.136 e. The first-order valence-corrected chi connectivity index (χ1v) is 13.3. The van der Waals surface area contributed by atoms with E-state index in [1.165, 1.54) is 6.42 Å². The zero-order chi connectivity index (χ0) is 24.2. The average molecular weight is 618 g/mol. The molecule has 10 heteroatoms. The Morgan fingerprint density at radius 1 is 0.944 bits per heavy atom. The minimum absolute atomic E-state index is 0. The van der Waals surface area contributed by atoms with E-state index >= 15 is 0 Å². The number of ether oxygens (including phenoxy) is 1. The number of fused-ring (bicyclic) bond motifs is 1. The van der Waals surface area contributed by atoms with Crippen molar-refractivity contribution in [3.05, 3.63) is 42.6 Å². The predicted octanol–water partition coefficient (Wildman–Crippen LogP) is 4.74. The van der Waals surface area contributed by atoms with E-state index < -0.39 is 0 Å². The second kappa shape index (κ2) is 18.1. The van der Waals surface area contributed by atoms with E-state index in [-0.39, 0.29) is 25.6 Å². The SMILES string of the molecule is CN(C)c1ccc(-c2cc3cc(OCCCCCN(CCS)CCNCCS)ccc3o2)cn1.[99Tc].[O-2]. The average Bonchev–Trinajstić information content (AvgIpc) is 3.27. The number of rotatable bonds is 16. The van der Waals surface area contributed by atoms with Crippen molar-refractivity contribution >= 4 is 42.0 Å². The molecule has 0 atom stereocenters. The summed E-state index contributed by atoms with van der Waals surface area (Å²) in [5, 5.41) is 4.45. The largest absolute Gasteiger partial charge is 2.00 e. The molecule has 3 aromatic rings. The summed E-state index contributed by atoms with van der Waals surface area (Å²) < 4.78 is 12.0. The van der Waals surface area contributed by atoms with Gasteiger partial charge in [0, 0.05) is 89.0 Å². The Morgan fingerprint density at radius 2 is 1.78 bits per heavy atom. The van der Waals surface area contributed by atoms with Gasteiger partial charge in [-0.05, 0) is 62.2 Å². The Morgan fingerprint density at radius 3 is 2.47 bits per heavy atom. The zero-order valence-corrected chi connectivity index (χ0v) is 24.8. The molecule has 0 unspecified atom stereocenters. The first kappa shape index (κ1) is 32.8. The quantitative estimate of drug-likeness (QED) is 0.159. The second-order valence-corrected chi connectivity index (χ2v) is 9.45. The summed E-state index contributed by atoms with van der Waals surface area (Å²) in [4.78, 5) is 8.94. The molecule has 7 nitrogen and oxygen atoms in total. The molecule has 0 aliphatic carbocycles. The Bertz CT molecular complexity index is 989. The molecule has 3 rings (SSSR count). The molecule has 2 aromatic heterocycles. The van der Waals surface area contributed by atoms with Crippen molar-refractivity contribution in [2.75, 3.05) is 69.8 Å². The molecule has 2 heterocycles. The number of benzene rings is 1. The Kier molecular flexibility index (Phi) is 16.4. The van der Waals surface area contributed by atoms with Gasteiger partial charge in [-0.1, -0.05) is 0 Å². The third kappa shape index (κ3) is 10.6. The number of thiol groups is 2. The number of hydrogen-bond donors (Lipinski definition) is 3. The number of unbranched alkanes of at least 4 members (excludes halogenated alkanes) is 2. The molecule has 0 aliphatic heterocycles. The van der Waals surface area contributed by atoms with Gasteiger partial charge in [0.15, 0.2) is 0 Å². The van der Waals surface area contributed by atoms with Crippen LogP contribution in [0.3, 0.4) is 0 Å². The van der Waals surface area contributed by atoms with Crippen LogP contribution in [0.2, 0.25) is 0 Å². The molecule has 0 bridgehead atoms. The summed E-state index contributed by atoms with van der Waals surface area (Å²) in [5.74, 6) is 4.39. The molecule has 0 fully saturated rings. The van der Waals surface area contributed by atoms with E-state index in [1.54, 1.807) is 0 Å². The minimum Gasteiger partial charge on any atom is -2.00 e. The van der Waals surface area contributed by atoms with Crippen LogP contribution < -0.4 is 15.0 Å². The maximum atomic E-state index is 6.02. The van der Waals surface area contributed by atoms with Gasteiger partial charge in [0.05, 0.1) is 6.61 Å². The van der Waals surface area contributed by atoms with Crippen molar-refractivity contribution in [3.63, 3.8) is 0 Å². The number of nitrogens with zero attached hydrogens (tertiary/aromatic N) is 3. The van der Waals surface area contributed by atoms with E-state index in [0.717, 1.165) is 97.5 Å². The third-order valence-corrected chi connectivity index (χ3v) is 6.10. The fraction of sp³-hybridized carbons (Fsp3) is 0.500. The molecule has 0 saturated carbocycles. The fourth-order valence-electron chi connectivity index (χ4n) is 3.77. The molecule has 0 amide bonds. The molecule has 0 saturated heterocycles. The van der Waals surface area contributed by atoms with Gasteiger partial charge in [-0.15, -0.1) is 0 Å². The van der Waals surface area contributed by atoms with Crippen molar-refractivity contribution in [2.45, 2.75) is 19.3 Å². The van der Waals surface area contributed by atoms with Gasteiger partial charge in [0.1, 0.15) is 22.9 Å². The summed E-state index contributed by atoms with van der Waals surface area (Å²) in [7, 11) is 3.96. The first-order valence-electron chi connectivity index (χ1n) is 12.1. The van der Waals surface area contributed by atoms with Crippen molar-refractivity contribution in [1.82, 2.24) is 15.2 Å². The molecule has 36 heavy (non-hydrogen) atoms. The van der Waals surface area contributed by atoms with E-state index in [4.69, 9.17) is 9.15 Å². The van der Waals surface area contributed by atoms with Crippen LogP contribution in [0.5, 0.6) is 5.75 Å². The number of hydrogen-bond acceptors (Lipinski definition) is 8. The minimum atomic E-state index is 0. The van der Waals surface area contributed by atoms with Gasteiger partial charge in [-0.2, -0.15) is 25.3 Å². The summed E-state index contributed by atoms with van der Waals surface area (Å²) in [5.41, 5.74) is 1.82. The van der Waals surface area contributed by atoms with Crippen LogP contribution in [0, 0.1) is 0 Å². The molecule has 0 spiro atoms. The molecule has 1 radical (unpaired) electrons. The monoisotopic (exact) mass is 617 g/mol. The second-order valence-electron chi connectivity index (χ2n) is 8.56. The summed E-state index contributed by atoms with van der Waals surface area (Å²) in [6.45, 7) is 5.90. The third-order valence-electron chi connectivity index (χ3n) is 5.68. The van der Waals surface area contributed by atoms with Crippen LogP contribution in [0.4, 0.5) is 5.82 Å². The van der Waals surface area contributed by atoms with Crippen LogP contribution in [0.1, 0.15) is 19.3 Å². The van der Waals surface area contributed by atoms with Gasteiger partial charge < -0.3 is 29.7 Å². The van der Waals surface area contributed by atoms with Crippen LogP contribution in [-0.2, 0) is 25.6 Å². The Labute approximate surface area is 239 Å². The predicted molar refractivity (Wildman–Crippen MR) is 151 cm³/mol. The van der Waals surface area contributed by atoms with Gasteiger partial charge in [-0.3, -0.25) is 0 Å². The van der Waals surface area contributed by atoms with Crippen molar-refractivity contribution in [2.24, 2.45) is 0 Å². The number of furan rings is 1. The van der Waals surface area contributed by atoms with Gasteiger partial charge in [-0.25, -0.2) is 4.98 Å². The number of anilines is 1. The van der Waals surface area contributed by atoms with Crippen LogP contribution >= 0.6 is 25.3 Å². The number of aromatic nitrogens is 1. The maximum Gasteiger partial charge on any atom is 0.136 e. The molecule has 1 aromatic carbocycles. The fourth-order valence-corrected chi connectivity index (χ4v) is 4.21. The summed E-state index contributed by atoms with van der Waals surface area (Å²) >= 11 is 8.63. The molecule has 201 valence electrons. The molecular formula is C26H38N4O3S2Tc-2. The molecule has 0 aliphatic rings. The van der Waals surface area contributed by atoms with E-state index in [9.17, 15) is 0 Å². The normalized spacial score (nSPS) is 10.8. The number of nitrogens with one attached hydrogen (secondary N) is 1. The van der Waals surface area contributed by atoms with E-state index in [0.29, 0.717) is 0 Å². The summed E-state index contributed by atoms with van der Waals surface area (Å²) in [6.07, 6.45) is 5.22. The van der Waals surface area contributed by atoms with Crippen molar-refractivity contribution in [1.29, 1.82) is 0 Å². The van der Waals surface area contributed by atoms with E-state index in [1.807, 2.05) is 49.5 Å². The van der Waals surface area contributed by atoms with Crippen molar-refractivity contribution in [3.8, 4) is 17.1 Å². The topological polar surface area (TPSA) is 82.3 Å². The Balaban J connectivity index is 0.00000324. The first-order chi connectivity index (χ1) is 16.6. The number of pyridine rings is 1. The van der Waals surface area contributed by atoms with E-state index in [2.05, 4.69) is 52.6 Å². The Hall–Kier alpha value is -1.26. The van der Waals surface area contributed by atoms with Crippen LogP contribution in [0.25, 0.3) is 22.3 Å². The molecular weight excluding hydrogens is 579 g/mol. The van der Waals surface area contributed by atoms with Gasteiger partial charge >= 0.3 is 0 Å². The van der Waals surface area contributed by atoms with Gasteiger partial charge in [0.25, 0.3) is 0 Å². The standard InChI is InChI=1S/C26H38N4O2S2.O.Tc/c1-29(2)26-9-6-21(20-28-26)25-19-22-18-23(7-8-24(22)32-25)31-15-5-3-4-12-30(14-17-34)13-10-27-11-16-33;;/h6-9,18-20,27,33-34H,3-5,10-17H2,1-2H3;;/q;-2;/i;;1+1.